The highest BCUT2D eigenvalue weighted by molar-refractivity contribution is 5.79. The summed E-state index contributed by atoms with van der Waals surface area (Å²) < 4.78 is 42.1. The number of benzene rings is 1. The molecule has 1 saturated heterocycles. The first kappa shape index (κ1) is 11.5. The zero-order chi connectivity index (χ0) is 12.8. The van der Waals surface area contributed by atoms with Gasteiger partial charge in [0.1, 0.15) is 5.69 Å². The van der Waals surface area contributed by atoms with Crippen LogP contribution in [0.2, 0.25) is 0 Å². The maximum Gasteiger partial charge on any atom is 0.394 e. The summed E-state index contributed by atoms with van der Waals surface area (Å²) in [7, 11) is 0. The van der Waals surface area contributed by atoms with Crippen molar-refractivity contribution < 1.29 is 17.7 Å². The van der Waals surface area contributed by atoms with Crippen LogP contribution >= 0.6 is 0 Å². The highest BCUT2D eigenvalue weighted by atomic mass is 19.4. The van der Waals surface area contributed by atoms with Gasteiger partial charge < -0.3 is 4.52 Å². The first-order valence-electron chi connectivity index (χ1n) is 5.66. The Morgan fingerprint density at radius 3 is 2.72 bits per heavy atom. The Hall–Kier alpha value is -1.56. The number of likely N-dealkylation sites (tertiary alicyclic amines) is 1. The molecule has 6 heteroatoms. The molecule has 0 aliphatic carbocycles. The van der Waals surface area contributed by atoms with Crippen LogP contribution in [0.5, 0.6) is 0 Å². The molecule has 0 saturated carbocycles. The van der Waals surface area contributed by atoms with Gasteiger partial charge in [0.25, 0.3) is 0 Å². The lowest BCUT2D eigenvalue weighted by Gasteiger charge is -2.39. The zero-order valence-corrected chi connectivity index (χ0v) is 9.44. The van der Waals surface area contributed by atoms with E-state index in [0.29, 0.717) is 17.8 Å². The van der Waals surface area contributed by atoms with Crippen molar-refractivity contribution in [3.63, 3.8) is 0 Å². The van der Waals surface area contributed by atoms with Crippen LogP contribution in [-0.4, -0.2) is 29.3 Å². The van der Waals surface area contributed by atoms with Gasteiger partial charge in [-0.25, -0.2) is 0 Å². The summed E-state index contributed by atoms with van der Waals surface area (Å²) in [5, 5.41) is 4.77. The third-order valence-corrected chi connectivity index (χ3v) is 3.25. The van der Waals surface area contributed by atoms with Crippen molar-refractivity contribution >= 4 is 11.0 Å². The standard InChI is InChI=1S/C12H11F3N2O/c13-12(14,15)8-5-17(6-8)7-10-9-3-1-2-4-11(9)18-16-10/h1-4,8H,5-7H2. The second-order valence-corrected chi connectivity index (χ2v) is 4.56. The van der Waals surface area contributed by atoms with E-state index < -0.39 is 12.1 Å². The van der Waals surface area contributed by atoms with Crippen molar-refractivity contribution in [2.24, 2.45) is 5.92 Å². The second kappa shape index (κ2) is 3.98. The molecule has 2 aromatic rings. The third-order valence-electron chi connectivity index (χ3n) is 3.25. The quantitative estimate of drug-likeness (QED) is 0.827. The van der Waals surface area contributed by atoms with Crippen LogP contribution in [0, 0.1) is 5.92 Å². The lowest BCUT2D eigenvalue weighted by atomic mass is 9.99. The van der Waals surface area contributed by atoms with E-state index in [9.17, 15) is 13.2 Å². The van der Waals surface area contributed by atoms with Crippen LogP contribution < -0.4 is 0 Å². The summed E-state index contributed by atoms with van der Waals surface area (Å²) in [6, 6.07) is 7.35. The van der Waals surface area contributed by atoms with Gasteiger partial charge in [-0.05, 0) is 12.1 Å². The van der Waals surface area contributed by atoms with Crippen LogP contribution in [0.25, 0.3) is 11.0 Å². The Kier molecular flexibility index (Phi) is 2.55. The summed E-state index contributed by atoms with van der Waals surface area (Å²) in [5.74, 6) is -1.20. The predicted molar refractivity (Wildman–Crippen MR) is 58.8 cm³/mol. The number of hydrogen-bond donors (Lipinski definition) is 0. The van der Waals surface area contributed by atoms with E-state index >= 15 is 0 Å². The number of aromatic nitrogens is 1. The number of halogens is 3. The molecule has 1 aromatic carbocycles. The van der Waals surface area contributed by atoms with Crippen LogP contribution in [-0.2, 0) is 6.54 Å². The molecular formula is C12H11F3N2O. The normalized spacial score (nSPS) is 18.2. The molecule has 1 fully saturated rings. The first-order chi connectivity index (χ1) is 8.54. The number of fused-ring (bicyclic) bond motifs is 1. The van der Waals surface area contributed by atoms with E-state index in [-0.39, 0.29) is 13.1 Å². The maximum atomic E-state index is 12.3. The lowest BCUT2D eigenvalue weighted by Crippen LogP contribution is -2.52. The Bertz CT molecular complexity index is 558. The van der Waals surface area contributed by atoms with E-state index in [0.717, 1.165) is 5.39 Å². The van der Waals surface area contributed by atoms with Crippen LogP contribution in [0.4, 0.5) is 13.2 Å². The van der Waals surface area contributed by atoms with E-state index in [4.69, 9.17) is 4.52 Å². The number of para-hydroxylation sites is 1. The van der Waals surface area contributed by atoms with Crippen LogP contribution in [0.1, 0.15) is 5.69 Å². The minimum absolute atomic E-state index is 0.0463. The second-order valence-electron chi connectivity index (χ2n) is 4.56. The van der Waals surface area contributed by atoms with E-state index in [1.54, 1.807) is 11.0 Å². The van der Waals surface area contributed by atoms with Gasteiger partial charge in [-0.2, -0.15) is 13.2 Å². The monoisotopic (exact) mass is 256 g/mol. The largest absolute Gasteiger partial charge is 0.394 e. The van der Waals surface area contributed by atoms with Gasteiger partial charge in [0, 0.05) is 25.0 Å². The molecule has 0 radical (unpaired) electrons. The average molecular weight is 256 g/mol. The number of rotatable bonds is 2. The number of hydrogen-bond acceptors (Lipinski definition) is 3. The molecule has 2 heterocycles. The Morgan fingerprint density at radius 1 is 1.28 bits per heavy atom. The number of nitrogens with zero attached hydrogens (tertiary/aromatic N) is 2. The molecule has 0 spiro atoms. The molecule has 18 heavy (non-hydrogen) atoms. The molecule has 96 valence electrons. The molecule has 1 aromatic heterocycles. The Labute approximate surface area is 101 Å². The van der Waals surface area contributed by atoms with Gasteiger partial charge in [0.15, 0.2) is 5.58 Å². The van der Waals surface area contributed by atoms with Gasteiger partial charge in [0.05, 0.1) is 5.92 Å². The van der Waals surface area contributed by atoms with E-state index in [2.05, 4.69) is 5.16 Å². The first-order valence-corrected chi connectivity index (χ1v) is 5.66. The predicted octanol–water partition coefficient (Wildman–Crippen LogP) is 2.82. The van der Waals surface area contributed by atoms with Gasteiger partial charge in [0.2, 0.25) is 0 Å². The Balaban J connectivity index is 1.68. The minimum atomic E-state index is -4.08. The topological polar surface area (TPSA) is 29.3 Å². The van der Waals surface area contributed by atoms with Crippen molar-refractivity contribution in [2.75, 3.05) is 13.1 Å². The molecule has 0 bridgehead atoms. The van der Waals surface area contributed by atoms with Crippen molar-refractivity contribution in [1.29, 1.82) is 0 Å². The molecule has 3 nitrogen and oxygen atoms in total. The molecular weight excluding hydrogens is 245 g/mol. The average Bonchev–Trinajstić information content (AvgIpc) is 2.64. The molecule has 0 atom stereocenters. The van der Waals surface area contributed by atoms with Gasteiger partial charge in [-0.3, -0.25) is 4.90 Å². The van der Waals surface area contributed by atoms with Gasteiger partial charge in [-0.15, -0.1) is 0 Å². The molecule has 1 aliphatic rings. The SMILES string of the molecule is FC(F)(F)C1CN(Cc2noc3ccccc23)C1. The fraction of sp³-hybridized carbons (Fsp3) is 0.417. The van der Waals surface area contributed by atoms with Crippen molar-refractivity contribution in [3.05, 3.63) is 30.0 Å². The summed E-state index contributed by atoms with van der Waals surface area (Å²) in [5.41, 5.74) is 1.37. The summed E-state index contributed by atoms with van der Waals surface area (Å²) >= 11 is 0. The third kappa shape index (κ3) is 1.96. The van der Waals surface area contributed by atoms with Crippen LogP contribution in [0.3, 0.4) is 0 Å². The van der Waals surface area contributed by atoms with Crippen molar-refractivity contribution in [3.8, 4) is 0 Å². The molecule has 0 unspecified atom stereocenters. The van der Waals surface area contributed by atoms with Gasteiger partial charge in [-0.1, -0.05) is 17.3 Å². The smallest absolute Gasteiger partial charge is 0.356 e. The van der Waals surface area contributed by atoms with Crippen LogP contribution in [0.15, 0.2) is 28.8 Å². The van der Waals surface area contributed by atoms with E-state index in [1.165, 1.54) is 0 Å². The highest BCUT2D eigenvalue weighted by Crippen LogP contribution is 2.34. The molecule has 1 aliphatic heterocycles. The fourth-order valence-corrected chi connectivity index (χ4v) is 2.17. The zero-order valence-electron chi connectivity index (χ0n) is 9.44. The Morgan fingerprint density at radius 2 is 2.00 bits per heavy atom. The van der Waals surface area contributed by atoms with Crippen molar-refractivity contribution in [2.45, 2.75) is 12.7 Å². The molecule has 0 N–H and O–H groups in total. The lowest BCUT2D eigenvalue weighted by molar-refractivity contribution is -0.210. The fourth-order valence-electron chi connectivity index (χ4n) is 2.17. The number of alkyl halides is 3. The summed E-state index contributed by atoms with van der Waals surface area (Å²) in [6.45, 7) is 0.499. The van der Waals surface area contributed by atoms with Crippen molar-refractivity contribution in [1.82, 2.24) is 10.1 Å². The highest BCUT2D eigenvalue weighted by Gasteiger charge is 2.47. The molecule has 3 rings (SSSR count). The minimum Gasteiger partial charge on any atom is -0.356 e. The van der Waals surface area contributed by atoms with Gasteiger partial charge >= 0.3 is 6.18 Å². The summed E-state index contributed by atoms with van der Waals surface area (Å²) in [6.07, 6.45) is -4.08. The van der Waals surface area contributed by atoms with E-state index in [1.807, 2.05) is 18.2 Å². The maximum absolute atomic E-state index is 12.3. The summed E-state index contributed by atoms with van der Waals surface area (Å²) in [4.78, 5) is 1.72. The molecule has 0 amide bonds.